The molecule has 0 unspecified atom stereocenters. The number of carbonyl (C=O) groups excluding carboxylic acids is 1. The Morgan fingerprint density at radius 1 is 1.33 bits per heavy atom. The number of benzene rings is 1. The second-order valence-corrected chi connectivity index (χ2v) is 2.13. The maximum absolute atomic E-state index is 10.5. The maximum atomic E-state index is 10.5. The van der Waals surface area contributed by atoms with Crippen LogP contribution in [-0.2, 0) is 9.08 Å². The molecule has 0 aliphatic carbocycles. The second-order valence-electron chi connectivity index (χ2n) is 1.98. The van der Waals surface area contributed by atoms with Crippen LogP contribution in [0.1, 0.15) is 5.56 Å². The van der Waals surface area contributed by atoms with Gasteiger partial charge in [0.05, 0.1) is 0 Å². The highest BCUT2D eigenvalue weighted by molar-refractivity contribution is 6.15. The van der Waals surface area contributed by atoms with E-state index in [1.165, 1.54) is 0 Å². The minimum Gasteiger partial charge on any atom is -0.337 e. The van der Waals surface area contributed by atoms with Gasteiger partial charge in [0.1, 0.15) is 11.9 Å². The van der Waals surface area contributed by atoms with E-state index in [9.17, 15) is 4.79 Å². The zero-order valence-corrected chi connectivity index (χ0v) is 6.84. The van der Waals surface area contributed by atoms with Crippen LogP contribution < -0.4 is 0 Å². The predicted octanol–water partition coefficient (Wildman–Crippen LogP) is 1.74. The van der Waals surface area contributed by atoms with Gasteiger partial charge in [0.15, 0.2) is 0 Å². The van der Waals surface area contributed by atoms with Crippen LogP contribution in [0.2, 0.25) is 0 Å². The van der Waals surface area contributed by atoms with Crippen LogP contribution in [-0.4, -0.2) is 5.97 Å². The molecule has 1 rings (SSSR count). The molecule has 60 valence electrons. The molecule has 0 saturated heterocycles. The zero-order valence-electron chi connectivity index (χ0n) is 6.08. The number of carbonyl (C=O) groups is 1. The topological polar surface area (TPSA) is 26.3 Å². The third kappa shape index (κ3) is 2.65. The molecule has 1 aromatic carbocycles. The molecule has 0 bridgehead atoms. The van der Waals surface area contributed by atoms with Crippen molar-refractivity contribution in [1.82, 2.24) is 0 Å². The van der Waals surface area contributed by atoms with Gasteiger partial charge in [0.2, 0.25) is 0 Å². The Hall–Kier alpha value is -1.46. The van der Waals surface area contributed by atoms with Crippen molar-refractivity contribution in [2.45, 2.75) is 0 Å². The fourth-order valence-corrected chi connectivity index (χ4v) is 0.703. The summed E-state index contributed by atoms with van der Waals surface area (Å²) < 4.78 is 3.83. The van der Waals surface area contributed by atoms with Crippen molar-refractivity contribution in [1.29, 1.82) is 0 Å². The summed E-state index contributed by atoms with van der Waals surface area (Å²) in [5.74, 6) is 4.04. The molecular formula is C9H5ClO2. The third-order valence-electron chi connectivity index (χ3n) is 1.15. The molecule has 0 heterocycles. The Balaban J connectivity index is 2.74. The van der Waals surface area contributed by atoms with Gasteiger partial charge in [-0.15, -0.1) is 0 Å². The summed E-state index contributed by atoms with van der Waals surface area (Å²) in [5, 5.41) is 0. The summed E-state index contributed by atoms with van der Waals surface area (Å²) in [7, 11) is 0. The number of rotatable bonds is 0. The van der Waals surface area contributed by atoms with Crippen molar-refractivity contribution in [3.05, 3.63) is 35.9 Å². The highest BCUT2D eigenvalue weighted by Gasteiger charge is 1.91. The lowest BCUT2D eigenvalue weighted by Crippen LogP contribution is -1.89. The summed E-state index contributed by atoms with van der Waals surface area (Å²) in [6, 6.07) is 9.10. The van der Waals surface area contributed by atoms with E-state index >= 15 is 0 Å². The molecule has 2 nitrogen and oxygen atoms in total. The summed E-state index contributed by atoms with van der Waals surface area (Å²) in [6.07, 6.45) is 0. The quantitative estimate of drug-likeness (QED) is 0.569. The molecule has 0 aliphatic rings. The van der Waals surface area contributed by atoms with Gasteiger partial charge < -0.3 is 4.29 Å². The molecule has 3 heteroatoms. The van der Waals surface area contributed by atoms with Gasteiger partial charge >= 0.3 is 5.97 Å². The van der Waals surface area contributed by atoms with Crippen LogP contribution in [0.3, 0.4) is 0 Å². The van der Waals surface area contributed by atoms with Gasteiger partial charge in [-0.1, -0.05) is 24.1 Å². The fourth-order valence-electron chi connectivity index (χ4n) is 0.664. The van der Waals surface area contributed by atoms with E-state index in [2.05, 4.69) is 16.1 Å². The van der Waals surface area contributed by atoms with Crippen molar-refractivity contribution < 1.29 is 9.08 Å². The lowest BCUT2D eigenvalue weighted by Gasteiger charge is -1.85. The minimum atomic E-state index is -0.750. The lowest BCUT2D eigenvalue weighted by molar-refractivity contribution is -0.127. The van der Waals surface area contributed by atoms with E-state index < -0.39 is 5.97 Å². The highest BCUT2D eigenvalue weighted by Crippen LogP contribution is 1.94. The Morgan fingerprint density at radius 2 is 2.00 bits per heavy atom. The third-order valence-corrected chi connectivity index (χ3v) is 1.29. The molecule has 0 amide bonds. The smallest absolute Gasteiger partial charge is 0.337 e. The van der Waals surface area contributed by atoms with Crippen LogP contribution in [0.15, 0.2) is 30.3 Å². The first-order valence-electron chi connectivity index (χ1n) is 3.22. The van der Waals surface area contributed by atoms with Crippen LogP contribution >= 0.6 is 11.9 Å². The van der Waals surface area contributed by atoms with Crippen LogP contribution in [0.25, 0.3) is 0 Å². The molecule has 0 aliphatic heterocycles. The van der Waals surface area contributed by atoms with Crippen molar-refractivity contribution in [3.63, 3.8) is 0 Å². The number of halogens is 1. The van der Waals surface area contributed by atoms with Crippen LogP contribution in [0, 0.1) is 11.8 Å². The molecule has 0 fully saturated rings. The molecule has 0 radical (unpaired) electrons. The molecule has 0 aromatic heterocycles. The molecule has 1 aromatic rings. The van der Waals surface area contributed by atoms with Crippen molar-refractivity contribution in [2.24, 2.45) is 0 Å². The molecule has 0 saturated carbocycles. The van der Waals surface area contributed by atoms with Crippen molar-refractivity contribution in [3.8, 4) is 11.8 Å². The van der Waals surface area contributed by atoms with E-state index in [0.717, 1.165) is 5.56 Å². The minimum absolute atomic E-state index is 0.750. The number of hydrogen-bond donors (Lipinski definition) is 0. The molecule has 0 spiro atoms. The van der Waals surface area contributed by atoms with Gasteiger partial charge in [-0.05, 0) is 12.1 Å². The van der Waals surface area contributed by atoms with Gasteiger partial charge in [0.25, 0.3) is 0 Å². The fraction of sp³-hybridized carbons (Fsp3) is 0. The summed E-state index contributed by atoms with van der Waals surface area (Å²) in [4.78, 5) is 10.5. The van der Waals surface area contributed by atoms with E-state index in [1.54, 1.807) is 12.1 Å². The summed E-state index contributed by atoms with van der Waals surface area (Å²) >= 11 is 4.77. The average molecular weight is 181 g/mol. The Morgan fingerprint density at radius 3 is 2.58 bits per heavy atom. The molecular weight excluding hydrogens is 176 g/mol. The zero-order chi connectivity index (χ0) is 8.81. The lowest BCUT2D eigenvalue weighted by atomic mass is 10.2. The highest BCUT2D eigenvalue weighted by atomic mass is 35.5. The molecule has 0 N–H and O–H groups in total. The standard InChI is InChI=1S/C9H5ClO2/c10-12-9(11)7-6-8-4-2-1-3-5-8/h1-5H. The van der Waals surface area contributed by atoms with Crippen LogP contribution in [0.4, 0.5) is 0 Å². The van der Waals surface area contributed by atoms with Crippen LogP contribution in [0.5, 0.6) is 0 Å². The molecule has 0 atom stereocenters. The van der Waals surface area contributed by atoms with Gasteiger partial charge in [0, 0.05) is 11.5 Å². The van der Waals surface area contributed by atoms with Gasteiger partial charge in [-0.2, -0.15) is 0 Å². The van der Waals surface area contributed by atoms with Crippen molar-refractivity contribution >= 4 is 17.8 Å². The van der Waals surface area contributed by atoms with E-state index in [0.29, 0.717) is 0 Å². The first-order chi connectivity index (χ1) is 5.83. The van der Waals surface area contributed by atoms with Gasteiger partial charge in [-0.3, -0.25) is 0 Å². The molecule has 12 heavy (non-hydrogen) atoms. The SMILES string of the molecule is O=C(C#Cc1ccccc1)OCl. The first-order valence-corrected chi connectivity index (χ1v) is 3.53. The Kier molecular flexibility index (Phi) is 3.18. The second kappa shape index (κ2) is 4.42. The van der Waals surface area contributed by atoms with Gasteiger partial charge in [-0.25, -0.2) is 4.79 Å². The maximum Gasteiger partial charge on any atom is 0.402 e. The largest absolute Gasteiger partial charge is 0.402 e. The monoisotopic (exact) mass is 180 g/mol. The Labute approximate surface area is 75.3 Å². The van der Waals surface area contributed by atoms with E-state index in [1.807, 2.05) is 18.2 Å². The normalized spacial score (nSPS) is 8.08. The predicted molar refractivity (Wildman–Crippen MR) is 45.3 cm³/mol. The average Bonchev–Trinajstić information content (AvgIpc) is 2.16. The van der Waals surface area contributed by atoms with E-state index in [4.69, 9.17) is 11.9 Å². The summed E-state index contributed by atoms with van der Waals surface area (Å²) in [6.45, 7) is 0. The Bertz CT molecular complexity index is 321. The van der Waals surface area contributed by atoms with E-state index in [-0.39, 0.29) is 0 Å². The van der Waals surface area contributed by atoms with Crippen molar-refractivity contribution in [2.75, 3.05) is 0 Å². The first kappa shape index (κ1) is 8.63. The summed E-state index contributed by atoms with van der Waals surface area (Å²) in [5.41, 5.74) is 0.750. The number of hydrogen-bond acceptors (Lipinski definition) is 2.